The molecule has 7 heteroatoms. The Balaban J connectivity index is 1.43. The Morgan fingerprint density at radius 3 is 2.74 bits per heavy atom. The lowest BCUT2D eigenvalue weighted by molar-refractivity contribution is 0.102. The van der Waals surface area contributed by atoms with Gasteiger partial charge in [-0.1, -0.05) is 12.1 Å². The molecule has 3 aromatic rings. The van der Waals surface area contributed by atoms with Crippen LogP contribution < -0.4 is 15.0 Å². The molecule has 3 heterocycles. The number of carbonyl (C=O) groups is 1. The fourth-order valence-electron chi connectivity index (χ4n) is 3.03. The number of thiazole rings is 1. The first kappa shape index (κ1) is 17.5. The van der Waals surface area contributed by atoms with Gasteiger partial charge in [-0.3, -0.25) is 4.79 Å². The average Bonchev–Trinajstić information content (AvgIpc) is 3.41. The first-order valence-electron chi connectivity index (χ1n) is 8.91. The molecule has 1 aliphatic heterocycles. The number of hydrogen-bond acceptors (Lipinski definition) is 6. The number of benzene rings is 1. The second kappa shape index (κ2) is 8.18. The van der Waals surface area contributed by atoms with Crippen molar-refractivity contribution in [2.45, 2.75) is 19.4 Å². The Morgan fingerprint density at radius 2 is 2.00 bits per heavy atom. The molecule has 0 aliphatic carbocycles. The second-order valence-corrected chi connectivity index (χ2v) is 7.04. The van der Waals surface area contributed by atoms with E-state index in [1.165, 1.54) is 24.2 Å². The van der Waals surface area contributed by atoms with Crippen molar-refractivity contribution in [3.05, 3.63) is 64.7 Å². The summed E-state index contributed by atoms with van der Waals surface area (Å²) in [5, 5.41) is 4.82. The normalized spacial score (nSPS) is 13.6. The highest BCUT2D eigenvalue weighted by Crippen LogP contribution is 2.22. The van der Waals surface area contributed by atoms with Gasteiger partial charge in [0.05, 0.1) is 28.7 Å². The van der Waals surface area contributed by atoms with E-state index in [1.807, 2.05) is 29.6 Å². The van der Waals surface area contributed by atoms with Crippen molar-refractivity contribution in [2.24, 2.45) is 0 Å². The SMILES string of the molecule is O=C(Nc1ccc(N2CCCC2)nc1)c1ccccc1OCc1cscn1. The number of hydrogen-bond donors (Lipinski definition) is 1. The maximum atomic E-state index is 12.7. The van der Waals surface area contributed by atoms with Gasteiger partial charge < -0.3 is 15.0 Å². The number of rotatable bonds is 6. The molecule has 138 valence electrons. The molecule has 1 aliphatic rings. The van der Waals surface area contributed by atoms with Gasteiger partial charge in [0.15, 0.2) is 0 Å². The minimum absolute atomic E-state index is 0.223. The Morgan fingerprint density at radius 1 is 1.15 bits per heavy atom. The summed E-state index contributed by atoms with van der Waals surface area (Å²) in [7, 11) is 0. The van der Waals surface area contributed by atoms with Crippen molar-refractivity contribution in [2.75, 3.05) is 23.3 Å². The highest BCUT2D eigenvalue weighted by Gasteiger charge is 2.15. The number of nitrogens with zero attached hydrogens (tertiary/aromatic N) is 3. The van der Waals surface area contributed by atoms with Gasteiger partial charge in [-0.05, 0) is 37.1 Å². The van der Waals surface area contributed by atoms with Gasteiger partial charge in [0.2, 0.25) is 0 Å². The Labute approximate surface area is 161 Å². The van der Waals surface area contributed by atoms with E-state index in [-0.39, 0.29) is 5.91 Å². The molecule has 0 spiro atoms. The molecule has 2 aromatic heterocycles. The fourth-order valence-corrected chi connectivity index (χ4v) is 3.58. The average molecular weight is 380 g/mol. The summed E-state index contributed by atoms with van der Waals surface area (Å²) in [5.74, 6) is 1.27. The molecule has 1 saturated heterocycles. The molecule has 0 atom stereocenters. The Kier molecular flexibility index (Phi) is 5.29. The minimum Gasteiger partial charge on any atom is -0.486 e. The van der Waals surface area contributed by atoms with Crippen LogP contribution in [0.3, 0.4) is 0 Å². The van der Waals surface area contributed by atoms with Crippen LogP contribution in [0.15, 0.2) is 53.5 Å². The zero-order valence-corrected chi connectivity index (χ0v) is 15.6. The molecule has 1 aromatic carbocycles. The molecular weight excluding hydrogens is 360 g/mol. The van der Waals surface area contributed by atoms with Gasteiger partial charge in [0.25, 0.3) is 5.91 Å². The first-order valence-corrected chi connectivity index (χ1v) is 9.85. The van der Waals surface area contributed by atoms with Crippen LogP contribution in [0, 0.1) is 0 Å². The molecule has 6 nitrogen and oxygen atoms in total. The molecule has 0 bridgehead atoms. The van der Waals surface area contributed by atoms with Crippen molar-refractivity contribution in [3.8, 4) is 5.75 Å². The quantitative estimate of drug-likeness (QED) is 0.701. The predicted octanol–water partition coefficient (Wildman–Crippen LogP) is 3.97. The van der Waals surface area contributed by atoms with E-state index in [0.717, 1.165) is 24.6 Å². The highest BCUT2D eigenvalue weighted by molar-refractivity contribution is 7.07. The zero-order chi connectivity index (χ0) is 18.5. The largest absolute Gasteiger partial charge is 0.486 e. The van der Waals surface area contributed by atoms with E-state index >= 15 is 0 Å². The summed E-state index contributed by atoms with van der Waals surface area (Å²) < 4.78 is 5.79. The molecule has 0 unspecified atom stereocenters. The van der Waals surface area contributed by atoms with Crippen molar-refractivity contribution in [1.29, 1.82) is 0 Å². The first-order chi connectivity index (χ1) is 13.3. The van der Waals surface area contributed by atoms with E-state index in [2.05, 4.69) is 20.2 Å². The van der Waals surface area contributed by atoms with Crippen LogP contribution in [0.4, 0.5) is 11.5 Å². The summed E-state index contributed by atoms with van der Waals surface area (Å²) in [6.07, 6.45) is 4.11. The molecule has 0 radical (unpaired) electrons. The molecule has 27 heavy (non-hydrogen) atoms. The van der Waals surface area contributed by atoms with Crippen molar-refractivity contribution < 1.29 is 9.53 Å². The van der Waals surface area contributed by atoms with E-state index in [1.54, 1.807) is 23.8 Å². The highest BCUT2D eigenvalue weighted by atomic mass is 32.1. The van der Waals surface area contributed by atoms with Gasteiger partial charge in [0.1, 0.15) is 18.2 Å². The topological polar surface area (TPSA) is 67.4 Å². The van der Waals surface area contributed by atoms with E-state index < -0.39 is 0 Å². The van der Waals surface area contributed by atoms with Crippen LogP contribution in [0.25, 0.3) is 0 Å². The Hall–Kier alpha value is -2.93. The van der Waals surface area contributed by atoms with Crippen molar-refractivity contribution in [1.82, 2.24) is 9.97 Å². The van der Waals surface area contributed by atoms with E-state index in [0.29, 0.717) is 23.6 Å². The van der Waals surface area contributed by atoms with Crippen molar-refractivity contribution >= 4 is 28.7 Å². The van der Waals surface area contributed by atoms with Gasteiger partial charge in [-0.25, -0.2) is 9.97 Å². The molecule has 4 rings (SSSR count). The molecular formula is C20H20N4O2S. The minimum atomic E-state index is -0.223. The van der Waals surface area contributed by atoms with Crippen LogP contribution in [-0.2, 0) is 6.61 Å². The third-order valence-electron chi connectivity index (χ3n) is 4.43. The fraction of sp³-hybridized carbons (Fsp3) is 0.250. The summed E-state index contributed by atoms with van der Waals surface area (Å²) in [5.41, 5.74) is 3.75. The smallest absolute Gasteiger partial charge is 0.259 e. The number of pyridine rings is 1. The summed E-state index contributed by atoms with van der Waals surface area (Å²) in [4.78, 5) is 23.6. The molecule has 1 N–H and O–H groups in total. The van der Waals surface area contributed by atoms with Crippen LogP contribution in [0.5, 0.6) is 5.75 Å². The van der Waals surface area contributed by atoms with Crippen LogP contribution in [-0.4, -0.2) is 29.0 Å². The summed E-state index contributed by atoms with van der Waals surface area (Å²) >= 11 is 1.52. The Bertz CT molecular complexity index is 891. The lowest BCUT2D eigenvalue weighted by Gasteiger charge is -2.16. The lowest BCUT2D eigenvalue weighted by Crippen LogP contribution is -2.19. The van der Waals surface area contributed by atoms with Crippen molar-refractivity contribution in [3.63, 3.8) is 0 Å². The van der Waals surface area contributed by atoms with Gasteiger partial charge in [-0.15, -0.1) is 11.3 Å². The van der Waals surface area contributed by atoms with Gasteiger partial charge in [-0.2, -0.15) is 0 Å². The number of carbonyl (C=O) groups excluding carboxylic acids is 1. The molecule has 1 fully saturated rings. The van der Waals surface area contributed by atoms with Gasteiger partial charge in [0, 0.05) is 18.5 Å². The predicted molar refractivity (Wildman–Crippen MR) is 107 cm³/mol. The maximum Gasteiger partial charge on any atom is 0.259 e. The maximum absolute atomic E-state index is 12.7. The van der Waals surface area contributed by atoms with E-state index in [4.69, 9.17) is 4.74 Å². The number of nitrogens with one attached hydrogen (secondary N) is 1. The monoisotopic (exact) mass is 380 g/mol. The number of aromatic nitrogens is 2. The van der Waals surface area contributed by atoms with Crippen LogP contribution >= 0.6 is 11.3 Å². The number of ether oxygens (including phenoxy) is 1. The summed E-state index contributed by atoms with van der Waals surface area (Å²) in [6.45, 7) is 2.42. The van der Waals surface area contributed by atoms with Crippen LogP contribution in [0.2, 0.25) is 0 Å². The van der Waals surface area contributed by atoms with Gasteiger partial charge >= 0.3 is 0 Å². The third-order valence-corrected chi connectivity index (χ3v) is 5.06. The number of amides is 1. The standard InChI is InChI=1S/C20H20N4O2S/c25-20(23-15-7-8-19(21-11-15)24-9-3-4-10-24)17-5-1-2-6-18(17)26-12-16-13-27-14-22-16/h1-2,5-8,11,13-14H,3-4,9-10,12H2,(H,23,25). The lowest BCUT2D eigenvalue weighted by atomic mass is 10.2. The number of anilines is 2. The molecule has 0 saturated carbocycles. The third kappa shape index (κ3) is 4.25. The van der Waals surface area contributed by atoms with Crippen LogP contribution in [0.1, 0.15) is 28.9 Å². The zero-order valence-electron chi connectivity index (χ0n) is 14.8. The summed E-state index contributed by atoms with van der Waals surface area (Å²) in [6, 6.07) is 11.0. The molecule has 1 amide bonds. The van der Waals surface area contributed by atoms with E-state index in [9.17, 15) is 4.79 Å². The second-order valence-electron chi connectivity index (χ2n) is 6.32. The number of para-hydroxylation sites is 1.